The monoisotopic (exact) mass is 367 g/mol. The maximum atomic E-state index is 12.7. The maximum absolute atomic E-state index is 12.7. The molecule has 0 spiro atoms. The van der Waals surface area contributed by atoms with Gasteiger partial charge >= 0.3 is 6.09 Å². The van der Waals surface area contributed by atoms with Crippen molar-refractivity contribution < 1.29 is 14.3 Å². The molecule has 2 fully saturated rings. The van der Waals surface area contributed by atoms with Gasteiger partial charge in [-0.2, -0.15) is 0 Å². The molecule has 6 nitrogen and oxygen atoms in total. The van der Waals surface area contributed by atoms with Crippen LogP contribution in [0.3, 0.4) is 0 Å². The van der Waals surface area contributed by atoms with Gasteiger partial charge in [0.25, 0.3) is 0 Å². The van der Waals surface area contributed by atoms with Gasteiger partial charge in [-0.3, -0.25) is 9.69 Å². The Hall–Kier alpha value is -1.30. The number of nitrogens with one attached hydrogen (secondary N) is 1. The van der Waals surface area contributed by atoms with Crippen LogP contribution in [-0.2, 0) is 9.53 Å². The zero-order valence-electron chi connectivity index (χ0n) is 17.3. The Bertz CT molecular complexity index is 503. The van der Waals surface area contributed by atoms with E-state index in [1.165, 1.54) is 25.7 Å². The van der Waals surface area contributed by atoms with Gasteiger partial charge in [0.2, 0.25) is 5.91 Å². The first-order chi connectivity index (χ1) is 12.1. The zero-order chi connectivity index (χ0) is 19.4. The van der Waals surface area contributed by atoms with E-state index in [1.807, 2.05) is 27.7 Å². The number of likely N-dealkylation sites (tertiary alicyclic amines) is 2. The summed E-state index contributed by atoms with van der Waals surface area (Å²) >= 11 is 0. The SMILES string of the molecule is CCC1CCCCN1CCNC(=O)C1(C)CCN(C(=O)OC(C)(C)C)C1. The second-order valence-corrected chi connectivity index (χ2v) is 9.06. The molecule has 26 heavy (non-hydrogen) atoms. The highest BCUT2D eigenvalue weighted by molar-refractivity contribution is 5.84. The number of piperidine rings is 1. The number of carbonyl (C=O) groups is 2. The van der Waals surface area contributed by atoms with Crippen LogP contribution in [0.2, 0.25) is 0 Å². The number of hydrogen-bond acceptors (Lipinski definition) is 4. The minimum atomic E-state index is -0.525. The number of hydrogen-bond donors (Lipinski definition) is 1. The van der Waals surface area contributed by atoms with Crippen molar-refractivity contribution in [2.75, 3.05) is 32.7 Å². The van der Waals surface area contributed by atoms with Crippen molar-refractivity contribution in [2.45, 2.75) is 78.4 Å². The van der Waals surface area contributed by atoms with E-state index in [2.05, 4.69) is 17.1 Å². The molecule has 2 atom stereocenters. The van der Waals surface area contributed by atoms with Gasteiger partial charge in [0.15, 0.2) is 0 Å². The summed E-state index contributed by atoms with van der Waals surface area (Å²) in [5.41, 5.74) is -1.04. The molecule has 0 aromatic heterocycles. The number of nitrogens with zero attached hydrogens (tertiary/aromatic N) is 2. The largest absolute Gasteiger partial charge is 0.444 e. The predicted molar refractivity (Wildman–Crippen MR) is 103 cm³/mol. The minimum Gasteiger partial charge on any atom is -0.444 e. The molecule has 2 amide bonds. The van der Waals surface area contributed by atoms with Gasteiger partial charge in [0.1, 0.15) is 5.60 Å². The Labute approximate surface area is 158 Å². The van der Waals surface area contributed by atoms with E-state index in [0.717, 1.165) is 13.1 Å². The van der Waals surface area contributed by atoms with E-state index in [1.54, 1.807) is 4.90 Å². The fourth-order valence-corrected chi connectivity index (χ4v) is 3.97. The molecule has 2 unspecified atom stereocenters. The molecule has 0 aliphatic carbocycles. The van der Waals surface area contributed by atoms with Crippen LogP contribution in [0.5, 0.6) is 0 Å². The van der Waals surface area contributed by atoms with Gasteiger partial charge in [0, 0.05) is 32.2 Å². The highest BCUT2D eigenvalue weighted by atomic mass is 16.6. The molecule has 0 aromatic carbocycles. The third-order valence-corrected chi connectivity index (χ3v) is 5.58. The minimum absolute atomic E-state index is 0.0496. The summed E-state index contributed by atoms with van der Waals surface area (Å²) in [6, 6.07) is 0.658. The fraction of sp³-hybridized carbons (Fsp3) is 0.900. The lowest BCUT2D eigenvalue weighted by molar-refractivity contribution is -0.129. The van der Waals surface area contributed by atoms with E-state index in [-0.39, 0.29) is 12.0 Å². The van der Waals surface area contributed by atoms with Gasteiger partial charge in [-0.05, 0) is 59.9 Å². The zero-order valence-corrected chi connectivity index (χ0v) is 17.3. The molecule has 0 bridgehead atoms. The fourth-order valence-electron chi connectivity index (χ4n) is 3.97. The number of carbonyl (C=O) groups excluding carboxylic acids is 2. The van der Waals surface area contributed by atoms with Crippen LogP contribution >= 0.6 is 0 Å². The summed E-state index contributed by atoms with van der Waals surface area (Å²) in [5, 5.41) is 3.11. The molecule has 2 aliphatic rings. The second kappa shape index (κ2) is 8.59. The normalized spacial score (nSPS) is 27.4. The molecular weight excluding hydrogens is 330 g/mol. The Balaban J connectivity index is 1.79. The molecule has 0 radical (unpaired) electrons. The van der Waals surface area contributed by atoms with Crippen LogP contribution in [-0.4, -0.2) is 66.2 Å². The van der Waals surface area contributed by atoms with Gasteiger partial charge < -0.3 is 15.0 Å². The van der Waals surface area contributed by atoms with E-state index >= 15 is 0 Å². The Morgan fingerprint density at radius 1 is 1.23 bits per heavy atom. The molecular formula is C20H37N3O3. The van der Waals surface area contributed by atoms with Crippen LogP contribution in [0.1, 0.15) is 66.7 Å². The first-order valence-electron chi connectivity index (χ1n) is 10.1. The highest BCUT2D eigenvalue weighted by Gasteiger charge is 2.43. The van der Waals surface area contributed by atoms with Crippen molar-refractivity contribution in [1.29, 1.82) is 0 Å². The molecule has 1 N–H and O–H groups in total. The lowest BCUT2D eigenvalue weighted by Crippen LogP contribution is -2.47. The quantitative estimate of drug-likeness (QED) is 0.811. The summed E-state index contributed by atoms with van der Waals surface area (Å²) in [7, 11) is 0. The van der Waals surface area contributed by atoms with Gasteiger partial charge in [-0.25, -0.2) is 4.79 Å². The lowest BCUT2D eigenvalue weighted by Gasteiger charge is -2.35. The van der Waals surface area contributed by atoms with Gasteiger partial charge in [-0.15, -0.1) is 0 Å². The molecule has 2 heterocycles. The molecule has 0 aromatic rings. The molecule has 2 saturated heterocycles. The predicted octanol–water partition coefficient (Wildman–Crippen LogP) is 3.01. The smallest absolute Gasteiger partial charge is 0.410 e. The first kappa shape index (κ1) is 21.0. The molecule has 2 aliphatic heterocycles. The van der Waals surface area contributed by atoms with Crippen molar-refractivity contribution in [2.24, 2.45) is 5.41 Å². The Morgan fingerprint density at radius 2 is 1.96 bits per heavy atom. The first-order valence-corrected chi connectivity index (χ1v) is 10.1. The van der Waals surface area contributed by atoms with Crippen LogP contribution in [0.4, 0.5) is 4.79 Å². The van der Waals surface area contributed by atoms with Gasteiger partial charge in [0.05, 0.1) is 5.41 Å². The Kier molecular flexibility index (Phi) is 6.94. The highest BCUT2D eigenvalue weighted by Crippen LogP contribution is 2.31. The van der Waals surface area contributed by atoms with E-state index < -0.39 is 11.0 Å². The lowest BCUT2D eigenvalue weighted by atomic mass is 9.89. The summed E-state index contributed by atoms with van der Waals surface area (Å²) < 4.78 is 5.43. The summed E-state index contributed by atoms with van der Waals surface area (Å²) in [5.74, 6) is 0.0496. The van der Waals surface area contributed by atoms with Crippen LogP contribution < -0.4 is 5.32 Å². The maximum Gasteiger partial charge on any atom is 0.410 e. The molecule has 6 heteroatoms. The Morgan fingerprint density at radius 3 is 2.62 bits per heavy atom. The number of amides is 2. The average Bonchev–Trinajstić information content (AvgIpc) is 2.97. The molecule has 150 valence electrons. The molecule has 0 saturated carbocycles. The average molecular weight is 368 g/mol. The summed E-state index contributed by atoms with van der Waals surface area (Å²) in [6.45, 7) is 13.5. The third-order valence-electron chi connectivity index (χ3n) is 5.58. The van der Waals surface area contributed by atoms with Crippen molar-refractivity contribution in [3.8, 4) is 0 Å². The summed E-state index contributed by atoms with van der Waals surface area (Å²) in [4.78, 5) is 29.1. The van der Waals surface area contributed by atoms with Crippen LogP contribution in [0.15, 0.2) is 0 Å². The topological polar surface area (TPSA) is 61.9 Å². The van der Waals surface area contributed by atoms with Crippen molar-refractivity contribution in [3.63, 3.8) is 0 Å². The standard InChI is InChI=1S/C20H37N3O3/c1-6-16-9-7-8-12-22(16)14-11-21-17(24)20(5)10-13-23(15-20)18(25)26-19(2,3)4/h16H,6-15H2,1-5H3,(H,21,24). The molecule has 2 rings (SSSR count). The number of ether oxygens (including phenoxy) is 1. The van der Waals surface area contributed by atoms with E-state index in [9.17, 15) is 9.59 Å². The van der Waals surface area contributed by atoms with Gasteiger partial charge in [-0.1, -0.05) is 13.3 Å². The van der Waals surface area contributed by atoms with E-state index in [0.29, 0.717) is 32.1 Å². The van der Waals surface area contributed by atoms with Crippen molar-refractivity contribution >= 4 is 12.0 Å². The van der Waals surface area contributed by atoms with Crippen LogP contribution in [0, 0.1) is 5.41 Å². The second-order valence-electron chi connectivity index (χ2n) is 9.06. The van der Waals surface area contributed by atoms with Crippen LogP contribution in [0.25, 0.3) is 0 Å². The number of rotatable bonds is 5. The van der Waals surface area contributed by atoms with E-state index in [4.69, 9.17) is 4.74 Å². The van der Waals surface area contributed by atoms with Crippen molar-refractivity contribution in [1.82, 2.24) is 15.1 Å². The van der Waals surface area contributed by atoms with Crippen molar-refractivity contribution in [3.05, 3.63) is 0 Å². The summed E-state index contributed by atoms with van der Waals surface area (Å²) in [6.07, 6.45) is 5.38. The third kappa shape index (κ3) is 5.60.